The van der Waals surface area contributed by atoms with E-state index in [0.717, 1.165) is 36.1 Å². The SMILES string of the molecule is CCNC(=NCc1cccc2cccnc12)NCCC(=O)N(CC)CC.I. The number of guanidine groups is 1. The Bertz CT molecular complexity index is 741. The molecule has 6 nitrogen and oxygen atoms in total. The van der Waals surface area contributed by atoms with E-state index in [2.05, 4.69) is 32.7 Å². The first-order chi connectivity index (χ1) is 12.7. The molecule has 0 aliphatic rings. The summed E-state index contributed by atoms with van der Waals surface area (Å²) in [7, 11) is 0. The van der Waals surface area contributed by atoms with E-state index in [1.54, 1.807) is 6.20 Å². The number of carbonyl (C=O) groups is 1. The number of rotatable bonds is 8. The van der Waals surface area contributed by atoms with E-state index in [0.29, 0.717) is 25.5 Å². The highest BCUT2D eigenvalue weighted by Crippen LogP contribution is 2.16. The normalized spacial score (nSPS) is 11.0. The van der Waals surface area contributed by atoms with Crippen molar-refractivity contribution in [3.8, 4) is 0 Å². The molecule has 1 amide bonds. The van der Waals surface area contributed by atoms with Crippen molar-refractivity contribution < 1.29 is 4.79 Å². The van der Waals surface area contributed by atoms with Gasteiger partial charge in [0, 0.05) is 44.2 Å². The molecule has 1 aromatic heterocycles. The number of hydrogen-bond donors (Lipinski definition) is 2. The van der Waals surface area contributed by atoms with Crippen molar-refractivity contribution in [2.45, 2.75) is 33.7 Å². The molecule has 0 aliphatic carbocycles. The second-order valence-corrected chi connectivity index (χ2v) is 5.93. The molecule has 2 aromatic rings. The summed E-state index contributed by atoms with van der Waals surface area (Å²) in [4.78, 5) is 23.0. The monoisotopic (exact) mass is 483 g/mol. The van der Waals surface area contributed by atoms with Gasteiger partial charge in [0.2, 0.25) is 5.91 Å². The summed E-state index contributed by atoms with van der Waals surface area (Å²) >= 11 is 0. The van der Waals surface area contributed by atoms with Crippen molar-refractivity contribution in [1.82, 2.24) is 20.5 Å². The number of aliphatic imine (C=N–C) groups is 1. The van der Waals surface area contributed by atoms with Gasteiger partial charge in [0.1, 0.15) is 0 Å². The van der Waals surface area contributed by atoms with Crippen molar-refractivity contribution in [2.75, 3.05) is 26.2 Å². The van der Waals surface area contributed by atoms with E-state index in [1.165, 1.54) is 0 Å². The number of nitrogens with zero attached hydrogens (tertiary/aromatic N) is 3. The Labute approximate surface area is 178 Å². The van der Waals surface area contributed by atoms with Crippen LogP contribution in [0.3, 0.4) is 0 Å². The van der Waals surface area contributed by atoms with Crippen molar-refractivity contribution in [2.24, 2.45) is 4.99 Å². The van der Waals surface area contributed by atoms with Gasteiger partial charge in [-0.3, -0.25) is 9.78 Å². The third kappa shape index (κ3) is 6.97. The molecule has 7 heteroatoms. The van der Waals surface area contributed by atoms with Crippen molar-refractivity contribution in [1.29, 1.82) is 0 Å². The number of para-hydroxylation sites is 1. The molecule has 1 heterocycles. The fraction of sp³-hybridized carbons (Fsp3) is 0.450. The first-order valence-corrected chi connectivity index (χ1v) is 9.32. The third-order valence-electron chi connectivity index (χ3n) is 4.22. The number of benzene rings is 1. The average Bonchev–Trinajstić information content (AvgIpc) is 2.67. The maximum atomic E-state index is 12.1. The standard InChI is InChI=1S/C20H29N5O.HI/c1-4-21-20(23-14-12-18(26)25(5-2)6-3)24-15-17-10-7-9-16-11-8-13-22-19(16)17;/h7-11,13H,4-6,12,14-15H2,1-3H3,(H2,21,23,24);1H. The average molecular weight is 483 g/mol. The number of amides is 1. The number of hydrogen-bond acceptors (Lipinski definition) is 3. The molecule has 0 radical (unpaired) electrons. The molecule has 0 fully saturated rings. The molecule has 0 aliphatic heterocycles. The quantitative estimate of drug-likeness (QED) is 0.344. The number of pyridine rings is 1. The van der Waals surface area contributed by atoms with Crippen LogP contribution in [-0.4, -0.2) is 47.9 Å². The van der Waals surface area contributed by atoms with Gasteiger partial charge in [-0.05, 0) is 32.4 Å². The maximum absolute atomic E-state index is 12.1. The van der Waals surface area contributed by atoms with Crippen LogP contribution in [0.5, 0.6) is 0 Å². The molecule has 0 spiro atoms. The number of halogens is 1. The smallest absolute Gasteiger partial charge is 0.224 e. The molecule has 0 bridgehead atoms. The lowest BCUT2D eigenvalue weighted by molar-refractivity contribution is -0.130. The molecule has 2 N–H and O–H groups in total. The second kappa shape index (κ2) is 12.5. The molecule has 0 atom stereocenters. The predicted molar refractivity (Wildman–Crippen MR) is 123 cm³/mol. The van der Waals surface area contributed by atoms with Gasteiger partial charge in [0.25, 0.3) is 0 Å². The molecule has 27 heavy (non-hydrogen) atoms. The summed E-state index contributed by atoms with van der Waals surface area (Å²) in [6.07, 6.45) is 2.26. The van der Waals surface area contributed by atoms with Gasteiger partial charge in [0.05, 0.1) is 12.1 Å². The lowest BCUT2D eigenvalue weighted by Crippen LogP contribution is -2.40. The summed E-state index contributed by atoms with van der Waals surface area (Å²) in [5.74, 6) is 0.879. The van der Waals surface area contributed by atoms with Crippen LogP contribution in [0.25, 0.3) is 10.9 Å². The Kier molecular flexibility index (Phi) is 10.7. The highest BCUT2D eigenvalue weighted by atomic mass is 127. The van der Waals surface area contributed by atoms with Crippen LogP contribution < -0.4 is 10.6 Å². The van der Waals surface area contributed by atoms with E-state index < -0.39 is 0 Å². The first kappa shape index (κ1) is 23.1. The minimum atomic E-state index is 0. The van der Waals surface area contributed by atoms with E-state index in [9.17, 15) is 4.79 Å². The van der Waals surface area contributed by atoms with Gasteiger partial charge in [0.15, 0.2) is 5.96 Å². The highest BCUT2D eigenvalue weighted by Gasteiger charge is 2.09. The Morgan fingerprint density at radius 3 is 2.56 bits per heavy atom. The number of carbonyl (C=O) groups excluding carboxylic acids is 1. The number of fused-ring (bicyclic) bond motifs is 1. The van der Waals surface area contributed by atoms with Crippen molar-refractivity contribution in [3.63, 3.8) is 0 Å². The lowest BCUT2D eigenvalue weighted by Gasteiger charge is -2.19. The van der Waals surface area contributed by atoms with Crippen LogP contribution in [0, 0.1) is 0 Å². The predicted octanol–water partition coefficient (Wildman–Crippen LogP) is 3.17. The van der Waals surface area contributed by atoms with Crippen LogP contribution >= 0.6 is 24.0 Å². The largest absolute Gasteiger partial charge is 0.357 e. The fourth-order valence-corrected chi connectivity index (χ4v) is 2.82. The summed E-state index contributed by atoms with van der Waals surface area (Å²) in [6, 6.07) is 10.1. The summed E-state index contributed by atoms with van der Waals surface area (Å²) in [5.41, 5.74) is 2.06. The van der Waals surface area contributed by atoms with Crippen molar-refractivity contribution in [3.05, 3.63) is 42.1 Å². The van der Waals surface area contributed by atoms with Gasteiger partial charge in [-0.1, -0.05) is 24.3 Å². The summed E-state index contributed by atoms with van der Waals surface area (Å²) in [6.45, 7) is 9.39. The Balaban J connectivity index is 0.00000364. The van der Waals surface area contributed by atoms with Crippen LogP contribution in [-0.2, 0) is 11.3 Å². The highest BCUT2D eigenvalue weighted by molar-refractivity contribution is 14.0. The van der Waals surface area contributed by atoms with E-state index in [1.807, 2.05) is 43.9 Å². The van der Waals surface area contributed by atoms with Crippen LogP contribution in [0.1, 0.15) is 32.8 Å². The minimum absolute atomic E-state index is 0. The fourth-order valence-electron chi connectivity index (χ4n) is 2.82. The van der Waals surface area contributed by atoms with Crippen LogP contribution in [0.4, 0.5) is 0 Å². The lowest BCUT2D eigenvalue weighted by atomic mass is 10.1. The van der Waals surface area contributed by atoms with Gasteiger partial charge in [-0.25, -0.2) is 4.99 Å². The second-order valence-electron chi connectivity index (χ2n) is 5.93. The van der Waals surface area contributed by atoms with E-state index in [-0.39, 0.29) is 29.9 Å². The van der Waals surface area contributed by atoms with Gasteiger partial charge >= 0.3 is 0 Å². The van der Waals surface area contributed by atoms with Crippen LogP contribution in [0.2, 0.25) is 0 Å². The zero-order chi connectivity index (χ0) is 18.8. The topological polar surface area (TPSA) is 69.6 Å². The minimum Gasteiger partial charge on any atom is -0.357 e. The van der Waals surface area contributed by atoms with Crippen LogP contribution in [0.15, 0.2) is 41.5 Å². The molecule has 2 rings (SSSR count). The van der Waals surface area contributed by atoms with E-state index >= 15 is 0 Å². The maximum Gasteiger partial charge on any atom is 0.224 e. The van der Waals surface area contributed by atoms with E-state index in [4.69, 9.17) is 0 Å². The Hall–Kier alpha value is -1.90. The molecular weight excluding hydrogens is 453 g/mol. The number of aromatic nitrogens is 1. The zero-order valence-electron chi connectivity index (χ0n) is 16.4. The van der Waals surface area contributed by atoms with Crippen molar-refractivity contribution >= 4 is 46.7 Å². The molecule has 148 valence electrons. The first-order valence-electron chi connectivity index (χ1n) is 9.32. The number of nitrogens with one attached hydrogen (secondary N) is 2. The zero-order valence-corrected chi connectivity index (χ0v) is 18.7. The molecule has 0 saturated carbocycles. The Morgan fingerprint density at radius 2 is 1.85 bits per heavy atom. The molecule has 0 saturated heterocycles. The Morgan fingerprint density at radius 1 is 1.11 bits per heavy atom. The third-order valence-corrected chi connectivity index (χ3v) is 4.22. The van der Waals surface area contributed by atoms with Gasteiger partial charge in [-0.2, -0.15) is 0 Å². The summed E-state index contributed by atoms with van der Waals surface area (Å²) < 4.78 is 0. The molecule has 1 aromatic carbocycles. The van der Waals surface area contributed by atoms with Gasteiger partial charge in [-0.15, -0.1) is 24.0 Å². The molecule has 0 unspecified atom stereocenters. The molecular formula is C20H30IN5O. The summed E-state index contributed by atoms with van der Waals surface area (Å²) in [5, 5.41) is 7.58. The van der Waals surface area contributed by atoms with Gasteiger partial charge < -0.3 is 15.5 Å².